The summed E-state index contributed by atoms with van der Waals surface area (Å²) in [5, 5.41) is 14.5. The van der Waals surface area contributed by atoms with Gasteiger partial charge in [0, 0.05) is 5.92 Å². The number of hydrogen-bond donors (Lipinski definition) is 3. The van der Waals surface area contributed by atoms with Gasteiger partial charge < -0.3 is 25.2 Å². The molecule has 3 rings (SSSR count). The zero-order valence-electron chi connectivity index (χ0n) is 20.8. The second-order valence-electron chi connectivity index (χ2n) is 10.0. The van der Waals surface area contributed by atoms with Crippen molar-refractivity contribution >= 4 is 18.0 Å². The highest BCUT2D eigenvalue weighted by Gasteiger charge is 2.32. The highest BCUT2D eigenvalue weighted by molar-refractivity contribution is 5.89. The molecule has 35 heavy (non-hydrogen) atoms. The third-order valence-corrected chi connectivity index (χ3v) is 5.87. The second-order valence-corrected chi connectivity index (χ2v) is 10.0. The molecule has 2 aromatic rings. The van der Waals surface area contributed by atoms with Gasteiger partial charge in [0.1, 0.15) is 18.7 Å². The average molecular weight is 483 g/mol. The van der Waals surface area contributed by atoms with Gasteiger partial charge in [0.25, 0.3) is 0 Å². The number of benzene rings is 2. The first-order chi connectivity index (χ1) is 16.5. The zero-order valence-corrected chi connectivity index (χ0v) is 20.8. The van der Waals surface area contributed by atoms with Crippen LogP contribution in [0.5, 0.6) is 0 Å². The molecule has 2 atom stereocenters. The first-order valence-corrected chi connectivity index (χ1v) is 11.8. The molecule has 0 saturated heterocycles. The number of fused-ring (bicyclic) bond motifs is 3. The van der Waals surface area contributed by atoms with Gasteiger partial charge in [-0.2, -0.15) is 0 Å². The van der Waals surface area contributed by atoms with Gasteiger partial charge in [-0.15, -0.1) is 0 Å². The molecular formula is C27H34N2O6. The monoisotopic (exact) mass is 482 g/mol. The van der Waals surface area contributed by atoms with Crippen molar-refractivity contribution in [3.05, 3.63) is 59.7 Å². The van der Waals surface area contributed by atoms with E-state index < -0.39 is 35.7 Å². The normalized spacial score (nSPS) is 14.6. The summed E-state index contributed by atoms with van der Waals surface area (Å²) in [5.74, 6) is -2.26. The van der Waals surface area contributed by atoms with E-state index in [2.05, 4.69) is 10.6 Å². The highest BCUT2D eigenvalue weighted by atomic mass is 16.5. The number of rotatable bonds is 9. The molecule has 0 saturated carbocycles. The maximum Gasteiger partial charge on any atom is 0.407 e. The van der Waals surface area contributed by atoms with E-state index in [1.54, 1.807) is 13.8 Å². The van der Waals surface area contributed by atoms with Gasteiger partial charge in [-0.25, -0.2) is 9.59 Å². The smallest absolute Gasteiger partial charge is 0.407 e. The Balaban J connectivity index is 1.69. The van der Waals surface area contributed by atoms with E-state index in [0.717, 1.165) is 22.3 Å². The van der Waals surface area contributed by atoms with Crippen molar-refractivity contribution in [2.75, 3.05) is 13.2 Å². The van der Waals surface area contributed by atoms with Crippen LogP contribution in [0.1, 0.15) is 51.7 Å². The zero-order chi connectivity index (χ0) is 25.8. The Labute approximate surface area is 206 Å². The topological polar surface area (TPSA) is 114 Å². The first-order valence-electron chi connectivity index (χ1n) is 11.8. The van der Waals surface area contributed by atoms with Gasteiger partial charge in [0.15, 0.2) is 0 Å². The van der Waals surface area contributed by atoms with Crippen molar-refractivity contribution in [3.63, 3.8) is 0 Å². The molecule has 1 aliphatic rings. The predicted molar refractivity (Wildman–Crippen MR) is 132 cm³/mol. The lowest BCUT2D eigenvalue weighted by Crippen LogP contribution is -2.55. The van der Waals surface area contributed by atoms with Crippen LogP contribution in [-0.4, -0.2) is 54.0 Å². The van der Waals surface area contributed by atoms with E-state index in [4.69, 9.17) is 9.47 Å². The molecule has 188 valence electrons. The van der Waals surface area contributed by atoms with Gasteiger partial charge in [0.2, 0.25) is 5.91 Å². The van der Waals surface area contributed by atoms with Crippen molar-refractivity contribution in [2.45, 2.75) is 58.2 Å². The summed E-state index contributed by atoms with van der Waals surface area (Å²) in [5.41, 5.74) is 3.81. The van der Waals surface area contributed by atoms with E-state index in [0.29, 0.717) is 0 Å². The second kappa shape index (κ2) is 10.9. The van der Waals surface area contributed by atoms with Gasteiger partial charge in [-0.1, -0.05) is 62.4 Å². The Hall–Kier alpha value is -3.39. The average Bonchev–Trinajstić information content (AvgIpc) is 3.11. The molecule has 0 radical (unpaired) electrons. The number of aliphatic carboxylic acids is 1. The molecule has 3 N–H and O–H groups in total. The van der Waals surface area contributed by atoms with Crippen LogP contribution in [0.2, 0.25) is 0 Å². The van der Waals surface area contributed by atoms with Crippen molar-refractivity contribution in [2.24, 2.45) is 5.92 Å². The SMILES string of the molecule is CC(C)[C@@H](NC(=O)[C@H](COC(C)(C)C)NC(=O)OCC1c2ccccc2-c2ccccc21)C(=O)O. The lowest BCUT2D eigenvalue weighted by molar-refractivity contribution is -0.144. The summed E-state index contributed by atoms with van der Waals surface area (Å²) in [7, 11) is 0. The van der Waals surface area contributed by atoms with E-state index >= 15 is 0 Å². The molecule has 2 aromatic carbocycles. The highest BCUT2D eigenvalue weighted by Crippen LogP contribution is 2.44. The summed E-state index contributed by atoms with van der Waals surface area (Å²) < 4.78 is 11.3. The molecule has 8 nitrogen and oxygen atoms in total. The lowest BCUT2D eigenvalue weighted by atomic mass is 9.98. The standard InChI is InChI=1S/C27H34N2O6/c1-16(2)23(25(31)32)29-24(30)22(15-35-27(3,4)5)28-26(33)34-14-21-19-12-8-6-10-17(19)18-11-7-9-13-20(18)21/h6-13,16,21-23H,14-15H2,1-5H3,(H,28,33)(H,29,30)(H,31,32)/t22-,23+/m0/s1. The van der Waals surface area contributed by atoms with E-state index in [1.807, 2.05) is 69.3 Å². The quantitative estimate of drug-likeness (QED) is 0.499. The Bertz CT molecular complexity index is 1030. The van der Waals surface area contributed by atoms with E-state index in [-0.39, 0.29) is 25.0 Å². The van der Waals surface area contributed by atoms with Crippen LogP contribution < -0.4 is 10.6 Å². The van der Waals surface area contributed by atoms with Crippen molar-refractivity contribution < 1.29 is 29.0 Å². The Morgan fingerprint density at radius 3 is 1.97 bits per heavy atom. The number of amides is 2. The number of carbonyl (C=O) groups excluding carboxylic acids is 2. The number of ether oxygens (including phenoxy) is 2. The molecule has 0 spiro atoms. The summed E-state index contributed by atoms with van der Waals surface area (Å²) >= 11 is 0. The molecule has 0 fully saturated rings. The molecule has 0 heterocycles. The summed E-state index contributed by atoms with van der Waals surface area (Å²) in [6, 6.07) is 13.8. The van der Waals surface area contributed by atoms with Gasteiger partial charge in [-0.3, -0.25) is 4.79 Å². The fourth-order valence-corrected chi connectivity index (χ4v) is 4.07. The molecule has 1 aliphatic carbocycles. The maximum atomic E-state index is 12.9. The van der Waals surface area contributed by atoms with Crippen LogP contribution in [0.4, 0.5) is 4.79 Å². The number of alkyl carbamates (subject to hydrolysis) is 1. The molecule has 2 amide bonds. The van der Waals surface area contributed by atoms with Gasteiger partial charge in [0.05, 0.1) is 12.2 Å². The van der Waals surface area contributed by atoms with Crippen LogP contribution in [0.15, 0.2) is 48.5 Å². The van der Waals surface area contributed by atoms with Crippen molar-refractivity contribution in [1.29, 1.82) is 0 Å². The molecule has 0 unspecified atom stereocenters. The first kappa shape index (κ1) is 26.2. The Kier molecular flexibility index (Phi) is 8.17. The molecule has 0 bridgehead atoms. The number of carboxylic acids is 1. The fourth-order valence-electron chi connectivity index (χ4n) is 4.07. The summed E-state index contributed by atoms with van der Waals surface area (Å²) in [6.07, 6.45) is -0.777. The van der Waals surface area contributed by atoms with Crippen molar-refractivity contribution in [1.82, 2.24) is 10.6 Å². The Morgan fingerprint density at radius 1 is 0.943 bits per heavy atom. The number of nitrogens with one attached hydrogen (secondary N) is 2. The minimum Gasteiger partial charge on any atom is -0.480 e. The maximum absolute atomic E-state index is 12.9. The third kappa shape index (κ3) is 6.60. The van der Waals surface area contributed by atoms with E-state index in [9.17, 15) is 19.5 Å². The van der Waals surface area contributed by atoms with Crippen LogP contribution in [0.3, 0.4) is 0 Å². The largest absolute Gasteiger partial charge is 0.480 e. The molecule has 0 aliphatic heterocycles. The number of hydrogen-bond acceptors (Lipinski definition) is 5. The lowest BCUT2D eigenvalue weighted by Gasteiger charge is -2.26. The van der Waals surface area contributed by atoms with Gasteiger partial charge in [-0.05, 0) is 48.9 Å². The van der Waals surface area contributed by atoms with Crippen LogP contribution in [-0.2, 0) is 19.1 Å². The van der Waals surface area contributed by atoms with Crippen LogP contribution >= 0.6 is 0 Å². The minimum atomic E-state index is -1.15. The fraction of sp³-hybridized carbons (Fsp3) is 0.444. The summed E-state index contributed by atoms with van der Waals surface area (Å²) in [6.45, 7) is 8.82. The Morgan fingerprint density at radius 2 is 1.49 bits per heavy atom. The van der Waals surface area contributed by atoms with Crippen LogP contribution in [0, 0.1) is 5.92 Å². The van der Waals surface area contributed by atoms with Crippen LogP contribution in [0.25, 0.3) is 11.1 Å². The number of carboxylic acid groups (broad SMARTS) is 1. The predicted octanol–water partition coefficient (Wildman–Crippen LogP) is 3.93. The van der Waals surface area contributed by atoms with E-state index in [1.165, 1.54) is 0 Å². The number of carbonyl (C=O) groups is 3. The molecular weight excluding hydrogens is 448 g/mol. The summed E-state index contributed by atoms with van der Waals surface area (Å²) in [4.78, 5) is 37.1. The third-order valence-electron chi connectivity index (χ3n) is 5.87. The van der Waals surface area contributed by atoms with Crippen molar-refractivity contribution in [3.8, 4) is 11.1 Å². The molecule has 0 aromatic heterocycles. The van der Waals surface area contributed by atoms with Gasteiger partial charge >= 0.3 is 12.1 Å². The minimum absolute atomic E-state index is 0.0953. The molecule has 8 heteroatoms.